The Morgan fingerprint density at radius 1 is 1.36 bits per heavy atom. The molecule has 0 aromatic carbocycles. The predicted molar refractivity (Wildman–Crippen MR) is 46.0 cm³/mol. The highest BCUT2D eigenvalue weighted by atomic mass is 19.4. The van der Waals surface area contributed by atoms with Gasteiger partial charge in [0, 0.05) is 20.2 Å². The maximum Gasteiger partial charge on any atom is 0.410 e. The van der Waals surface area contributed by atoms with Gasteiger partial charge in [-0.15, -0.1) is 0 Å². The third-order valence-corrected chi connectivity index (χ3v) is 1.71. The fourth-order valence-electron chi connectivity index (χ4n) is 0.911. The van der Waals surface area contributed by atoms with E-state index in [2.05, 4.69) is 0 Å². The first-order valence-electron chi connectivity index (χ1n) is 3.91. The molecule has 6 heteroatoms. The molecule has 0 fully saturated rings. The Hall–Kier alpha value is -1.17. The van der Waals surface area contributed by atoms with Gasteiger partial charge in [-0.25, -0.2) is 0 Å². The summed E-state index contributed by atoms with van der Waals surface area (Å²) in [4.78, 5) is 1.56. The van der Waals surface area contributed by atoms with Gasteiger partial charge in [-0.3, -0.25) is 0 Å². The fourth-order valence-corrected chi connectivity index (χ4v) is 0.911. The third kappa shape index (κ3) is 2.20. The highest BCUT2D eigenvalue weighted by Gasteiger charge is 2.40. The number of nitrogens with two attached hydrogens (primary N) is 1. The molecular weight excluding hydrogens is 197 g/mol. The molecule has 2 N–H and O–H groups in total. The smallest absolute Gasteiger partial charge is 0.410 e. The van der Waals surface area contributed by atoms with Crippen molar-refractivity contribution in [1.82, 2.24) is 0 Å². The summed E-state index contributed by atoms with van der Waals surface area (Å²) in [7, 11) is 3.34. The van der Waals surface area contributed by atoms with Crippen LogP contribution < -0.4 is 10.6 Å². The number of hydrogen-bond acceptors (Lipinski definition) is 3. The van der Waals surface area contributed by atoms with E-state index in [-0.39, 0.29) is 5.76 Å². The van der Waals surface area contributed by atoms with Gasteiger partial charge < -0.3 is 15.1 Å². The normalized spacial score (nSPS) is 14.1. The number of furan rings is 1. The number of rotatable bonds is 2. The molecule has 0 aliphatic carbocycles. The molecule has 80 valence electrons. The van der Waals surface area contributed by atoms with Crippen LogP contribution in [0, 0.1) is 0 Å². The van der Waals surface area contributed by atoms with Crippen LogP contribution in [0.25, 0.3) is 0 Å². The summed E-state index contributed by atoms with van der Waals surface area (Å²) in [6.45, 7) is 0. The van der Waals surface area contributed by atoms with E-state index < -0.39 is 12.2 Å². The lowest BCUT2D eigenvalue weighted by molar-refractivity contribution is -0.152. The molecule has 0 saturated carbocycles. The molecule has 0 bridgehead atoms. The Morgan fingerprint density at radius 2 is 1.93 bits per heavy atom. The monoisotopic (exact) mass is 208 g/mol. The van der Waals surface area contributed by atoms with E-state index in [1.165, 1.54) is 12.1 Å². The van der Waals surface area contributed by atoms with Crippen molar-refractivity contribution in [3.05, 3.63) is 17.9 Å². The fraction of sp³-hybridized carbons (Fsp3) is 0.500. The van der Waals surface area contributed by atoms with Crippen LogP contribution in [-0.2, 0) is 0 Å². The second-order valence-corrected chi connectivity index (χ2v) is 3.09. The molecule has 3 nitrogen and oxygen atoms in total. The van der Waals surface area contributed by atoms with Crippen molar-refractivity contribution in [2.75, 3.05) is 19.0 Å². The number of nitrogens with zero attached hydrogens (tertiary/aromatic N) is 1. The van der Waals surface area contributed by atoms with E-state index in [9.17, 15) is 13.2 Å². The molecule has 0 radical (unpaired) electrons. The first kappa shape index (κ1) is 10.9. The Bertz CT molecular complexity index is 306. The molecule has 0 aliphatic rings. The first-order valence-corrected chi connectivity index (χ1v) is 3.91. The van der Waals surface area contributed by atoms with Gasteiger partial charge in [-0.1, -0.05) is 0 Å². The van der Waals surface area contributed by atoms with Gasteiger partial charge in [-0.05, 0) is 6.07 Å². The maximum absolute atomic E-state index is 12.1. The topological polar surface area (TPSA) is 42.4 Å². The van der Waals surface area contributed by atoms with Crippen molar-refractivity contribution in [2.24, 2.45) is 5.73 Å². The van der Waals surface area contributed by atoms with Crippen LogP contribution in [0.5, 0.6) is 0 Å². The zero-order chi connectivity index (χ0) is 10.9. The third-order valence-electron chi connectivity index (χ3n) is 1.71. The lowest BCUT2D eigenvalue weighted by atomic mass is 10.2. The van der Waals surface area contributed by atoms with Gasteiger partial charge in [0.2, 0.25) is 0 Å². The van der Waals surface area contributed by atoms with Gasteiger partial charge in [0.05, 0.1) is 0 Å². The van der Waals surface area contributed by atoms with Crippen LogP contribution in [0.4, 0.5) is 19.1 Å². The summed E-state index contributed by atoms with van der Waals surface area (Å²) in [6.07, 6.45) is -4.47. The minimum Gasteiger partial charge on any atom is -0.444 e. The van der Waals surface area contributed by atoms with Crippen molar-refractivity contribution < 1.29 is 17.6 Å². The van der Waals surface area contributed by atoms with Crippen molar-refractivity contribution in [2.45, 2.75) is 12.2 Å². The Morgan fingerprint density at radius 3 is 2.29 bits per heavy atom. The highest BCUT2D eigenvalue weighted by molar-refractivity contribution is 5.34. The van der Waals surface area contributed by atoms with Gasteiger partial charge in [0.15, 0.2) is 11.9 Å². The van der Waals surface area contributed by atoms with Crippen LogP contribution in [0.1, 0.15) is 11.8 Å². The lowest BCUT2D eigenvalue weighted by Gasteiger charge is -2.13. The van der Waals surface area contributed by atoms with Crippen LogP contribution in [0.15, 0.2) is 16.5 Å². The zero-order valence-corrected chi connectivity index (χ0v) is 7.80. The summed E-state index contributed by atoms with van der Waals surface area (Å²) in [5.41, 5.74) is 4.95. The predicted octanol–water partition coefficient (Wildman–Crippen LogP) is 1.91. The molecule has 1 rings (SSSR count). The second kappa shape index (κ2) is 3.53. The standard InChI is InChI=1S/C8H11F3N2O/c1-13(2)6-4-3-5(14-6)7(12)8(9,10)11/h3-4,7H,12H2,1-2H3/t7-/m0/s1. The Balaban J connectivity index is 2.87. The number of halogens is 3. The molecule has 1 heterocycles. The SMILES string of the molecule is CN(C)c1ccc([C@H](N)C(F)(F)F)o1. The molecule has 0 unspecified atom stereocenters. The average Bonchev–Trinajstić information content (AvgIpc) is 2.48. The summed E-state index contributed by atoms with van der Waals surface area (Å²) >= 11 is 0. The lowest BCUT2D eigenvalue weighted by Crippen LogP contribution is -2.27. The van der Waals surface area contributed by atoms with Crippen LogP contribution in [0.3, 0.4) is 0 Å². The Kier molecular flexibility index (Phi) is 2.75. The first-order chi connectivity index (χ1) is 6.32. The molecule has 1 aromatic heterocycles. The van der Waals surface area contributed by atoms with Crippen LogP contribution in [-0.4, -0.2) is 20.3 Å². The van der Waals surface area contributed by atoms with Gasteiger partial charge in [0.25, 0.3) is 0 Å². The molecule has 0 spiro atoms. The van der Waals surface area contributed by atoms with Crippen molar-refractivity contribution in [3.63, 3.8) is 0 Å². The highest BCUT2D eigenvalue weighted by Crippen LogP contribution is 2.32. The molecule has 0 saturated heterocycles. The Labute approximate surface area is 79.3 Å². The molecule has 0 aliphatic heterocycles. The second-order valence-electron chi connectivity index (χ2n) is 3.09. The maximum atomic E-state index is 12.1. The van der Waals surface area contributed by atoms with Crippen LogP contribution >= 0.6 is 0 Å². The largest absolute Gasteiger partial charge is 0.444 e. The summed E-state index contributed by atoms with van der Waals surface area (Å²) in [5, 5.41) is 0. The molecule has 14 heavy (non-hydrogen) atoms. The molecule has 1 atom stereocenters. The summed E-state index contributed by atoms with van der Waals surface area (Å²) < 4.78 is 41.4. The van der Waals surface area contributed by atoms with E-state index in [1.54, 1.807) is 19.0 Å². The van der Waals surface area contributed by atoms with E-state index >= 15 is 0 Å². The van der Waals surface area contributed by atoms with E-state index in [4.69, 9.17) is 10.2 Å². The quantitative estimate of drug-likeness (QED) is 0.807. The molecule has 1 aromatic rings. The van der Waals surface area contributed by atoms with Gasteiger partial charge in [0.1, 0.15) is 5.76 Å². The average molecular weight is 208 g/mol. The molecule has 0 amide bonds. The van der Waals surface area contributed by atoms with E-state index in [0.29, 0.717) is 5.88 Å². The molecular formula is C8H11F3N2O. The van der Waals surface area contributed by atoms with E-state index in [1.807, 2.05) is 0 Å². The number of alkyl halides is 3. The van der Waals surface area contributed by atoms with E-state index in [0.717, 1.165) is 0 Å². The van der Waals surface area contributed by atoms with Crippen molar-refractivity contribution in [1.29, 1.82) is 0 Å². The zero-order valence-electron chi connectivity index (χ0n) is 7.80. The summed E-state index contributed by atoms with van der Waals surface area (Å²) in [6, 6.07) is 0.616. The van der Waals surface area contributed by atoms with Gasteiger partial charge in [-0.2, -0.15) is 13.2 Å². The number of anilines is 1. The van der Waals surface area contributed by atoms with Crippen molar-refractivity contribution >= 4 is 5.88 Å². The number of hydrogen-bond donors (Lipinski definition) is 1. The van der Waals surface area contributed by atoms with Gasteiger partial charge >= 0.3 is 6.18 Å². The minimum absolute atomic E-state index is 0.277. The minimum atomic E-state index is -4.47. The van der Waals surface area contributed by atoms with Crippen LogP contribution in [0.2, 0.25) is 0 Å². The van der Waals surface area contributed by atoms with Crippen molar-refractivity contribution in [3.8, 4) is 0 Å². The summed E-state index contributed by atoms with van der Waals surface area (Å²) in [5.74, 6) is 0.0703.